The van der Waals surface area contributed by atoms with Gasteiger partial charge in [-0.2, -0.15) is 0 Å². The number of carbonyl (C=O) groups excluding carboxylic acids is 2. The number of piperidine rings is 1. The Labute approximate surface area is 127 Å². The lowest BCUT2D eigenvalue weighted by Gasteiger charge is -2.33. The van der Waals surface area contributed by atoms with E-state index in [2.05, 4.69) is 12.2 Å². The monoisotopic (exact) mass is 293 g/mol. The molecule has 0 aliphatic carbocycles. The summed E-state index contributed by atoms with van der Waals surface area (Å²) in [7, 11) is 1.00. The van der Waals surface area contributed by atoms with Gasteiger partial charge in [-0.25, -0.2) is 0 Å². The van der Waals surface area contributed by atoms with Crippen LogP contribution in [0.1, 0.15) is 42.1 Å². The number of Topliss-reactive ketones (excluding diaryl/α,β-unsaturated/α-hetero) is 1. The fourth-order valence-electron chi connectivity index (χ4n) is 2.58. The minimum atomic E-state index is 0.185. The minimum absolute atomic E-state index is 0.185. The van der Waals surface area contributed by atoms with E-state index in [1.165, 1.54) is 0 Å². The van der Waals surface area contributed by atoms with Crippen molar-refractivity contribution in [3.63, 3.8) is 0 Å². The molecule has 2 N–H and O–H groups in total. The molecule has 1 heterocycles. The number of aryl methyl sites for hydroxylation is 1. The number of nitrogens with one attached hydrogen (secondary N) is 1. The summed E-state index contributed by atoms with van der Waals surface area (Å²) in [5.74, 6) is 0.299. The van der Waals surface area contributed by atoms with Crippen LogP contribution in [-0.4, -0.2) is 37.9 Å². The van der Waals surface area contributed by atoms with Crippen LogP contribution in [0, 0.1) is 12.3 Å². The second-order valence-corrected chi connectivity index (χ2v) is 5.48. The summed E-state index contributed by atoms with van der Waals surface area (Å²) >= 11 is 0. The predicted octanol–water partition coefficient (Wildman–Crippen LogP) is 2.38. The van der Waals surface area contributed by atoms with E-state index in [-0.39, 0.29) is 5.41 Å². The van der Waals surface area contributed by atoms with Gasteiger partial charge in [0.05, 0.1) is 0 Å². The first-order valence-corrected chi connectivity index (χ1v) is 7.14. The number of benzene rings is 1. The van der Waals surface area contributed by atoms with Gasteiger partial charge in [0.25, 0.3) is 0 Å². The van der Waals surface area contributed by atoms with Crippen LogP contribution in [0.15, 0.2) is 24.3 Å². The van der Waals surface area contributed by atoms with E-state index >= 15 is 0 Å². The highest BCUT2D eigenvalue weighted by Crippen LogP contribution is 2.33. The van der Waals surface area contributed by atoms with Crippen molar-refractivity contribution in [1.82, 2.24) is 5.32 Å². The van der Waals surface area contributed by atoms with Crippen LogP contribution in [0.3, 0.4) is 0 Å². The molecule has 0 bridgehead atoms. The molecule has 0 aromatic heterocycles. The predicted molar refractivity (Wildman–Crippen MR) is 85.6 cm³/mol. The highest BCUT2D eigenvalue weighted by atomic mass is 16.2. The van der Waals surface area contributed by atoms with Crippen LogP contribution in [-0.2, 0) is 4.79 Å². The van der Waals surface area contributed by atoms with E-state index in [1.54, 1.807) is 0 Å². The molecule has 0 unspecified atom stereocenters. The minimum Gasteiger partial charge on any atom is -0.400 e. The van der Waals surface area contributed by atoms with Gasteiger partial charge in [-0.3, -0.25) is 4.79 Å². The van der Waals surface area contributed by atoms with Crippen LogP contribution in [0.5, 0.6) is 0 Å². The Bertz CT molecular complexity index is 426. The molecule has 2 rings (SSSR count). The van der Waals surface area contributed by atoms with Crippen molar-refractivity contribution in [2.45, 2.75) is 33.1 Å². The standard InChI is InChI=1S/C15H21NO.CH4O.CH2O/c1-12-5-3-4-6-13(12)14(17)11-15(2)7-9-16-10-8-15;2*1-2/h3-6,16H,7-11H2,1-2H3;2H,1H3;1H2. The van der Waals surface area contributed by atoms with Gasteiger partial charge in [-0.05, 0) is 43.8 Å². The Kier molecular flexibility index (Phi) is 9.50. The zero-order valence-electron chi connectivity index (χ0n) is 13.3. The molecule has 1 saturated heterocycles. The fraction of sp³-hybridized carbons (Fsp3) is 0.529. The van der Waals surface area contributed by atoms with Crippen LogP contribution >= 0.6 is 0 Å². The third-order valence-electron chi connectivity index (χ3n) is 3.84. The first kappa shape index (κ1) is 19.5. The van der Waals surface area contributed by atoms with Gasteiger partial charge in [0.1, 0.15) is 6.79 Å². The third kappa shape index (κ3) is 6.19. The number of aliphatic hydroxyl groups is 1. The second-order valence-electron chi connectivity index (χ2n) is 5.48. The normalized spacial score (nSPS) is 15.8. The first-order chi connectivity index (χ1) is 10.1. The Balaban J connectivity index is 0.000000921. The average Bonchev–Trinajstić information content (AvgIpc) is 2.52. The molecule has 118 valence electrons. The Hall–Kier alpha value is -1.52. The number of rotatable bonds is 3. The van der Waals surface area contributed by atoms with Gasteiger partial charge in [0.2, 0.25) is 0 Å². The molecule has 21 heavy (non-hydrogen) atoms. The first-order valence-electron chi connectivity index (χ1n) is 7.14. The molecule has 0 radical (unpaired) electrons. The van der Waals surface area contributed by atoms with Gasteiger partial charge >= 0.3 is 0 Å². The molecule has 0 atom stereocenters. The Morgan fingerprint density at radius 3 is 2.29 bits per heavy atom. The second kappa shape index (κ2) is 10.2. The van der Waals surface area contributed by atoms with Crippen molar-refractivity contribution in [3.8, 4) is 0 Å². The molecule has 4 heteroatoms. The van der Waals surface area contributed by atoms with Gasteiger partial charge in [-0.15, -0.1) is 0 Å². The topological polar surface area (TPSA) is 66.4 Å². The lowest BCUT2D eigenvalue weighted by Crippen LogP contribution is -2.36. The van der Waals surface area contributed by atoms with E-state index in [0.29, 0.717) is 12.2 Å². The fourth-order valence-corrected chi connectivity index (χ4v) is 2.58. The van der Waals surface area contributed by atoms with Crippen molar-refractivity contribution < 1.29 is 14.7 Å². The number of hydrogen-bond donors (Lipinski definition) is 2. The summed E-state index contributed by atoms with van der Waals surface area (Å²) in [6, 6.07) is 7.89. The van der Waals surface area contributed by atoms with Crippen molar-refractivity contribution >= 4 is 12.6 Å². The summed E-state index contributed by atoms with van der Waals surface area (Å²) in [6.45, 7) is 8.33. The zero-order valence-corrected chi connectivity index (χ0v) is 13.3. The molecule has 0 saturated carbocycles. The average molecular weight is 293 g/mol. The van der Waals surface area contributed by atoms with Crippen LogP contribution in [0.4, 0.5) is 0 Å². The van der Waals surface area contributed by atoms with Crippen LogP contribution in [0.2, 0.25) is 0 Å². The van der Waals surface area contributed by atoms with Crippen molar-refractivity contribution in [1.29, 1.82) is 0 Å². The maximum Gasteiger partial charge on any atom is 0.163 e. The zero-order chi connectivity index (χ0) is 16.3. The Morgan fingerprint density at radius 1 is 1.24 bits per heavy atom. The van der Waals surface area contributed by atoms with Crippen molar-refractivity contribution in [2.24, 2.45) is 5.41 Å². The molecular weight excluding hydrogens is 266 g/mol. The van der Waals surface area contributed by atoms with Crippen molar-refractivity contribution in [2.75, 3.05) is 20.2 Å². The van der Waals surface area contributed by atoms with Crippen molar-refractivity contribution in [3.05, 3.63) is 35.4 Å². The maximum absolute atomic E-state index is 12.3. The molecule has 1 fully saturated rings. The molecule has 1 aliphatic rings. The molecule has 1 aromatic rings. The largest absolute Gasteiger partial charge is 0.400 e. The van der Waals surface area contributed by atoms with E-state index in [4.69, 9.17) is 9.90 Å². The maximum atomic E-state index is 12.3. The van der Waals surface area contributed by atoms with Gasteiger partial charge in [-0.1, -0.05) is 31.2 Å². The summed E-state index contributed by atoms with van der Waals surface area (Å²) < 4.78 is 0. The number of hydrogen-bond acceptors (Lipinski definition) is 4. The summed E-state index contributed by atoms with van der Waals surface area (Å²) in [5, 5.41) is 10.4. The van der Waals surface area contributed by atoms with E-state index < -0.39 is 0 Å². The number of ketones is 1. The molecule has 4 nitrogen and oxygen atoms in total. The summed E-state index contributed by atoms with van der Waals surface area (Å²) in [5.41, 5.74) is 2.17. The third-order valence-corrected chi connectivity index (χ3v) is 3.84. The number of carbonyl (C=O) groups is 2. The van der Waals surface area contributed by atoms with E-state index in [9.17, 15) is 4.79 Å². The molecule has 0 spiro atoms. The van der Waals surface area contributed by atoms with Gasteiger partial charge < -0.3 is 15.2 Å². The Morgan fingerprint density at radius 2 is 1.76 bits per heavy atom. The van der Waals surface area contributed by atoms with E-state index in [0.717, 1.165) is 44.2 Å². The molecule has 1 aliphatic heterocycles. The van der Waals surface area contributed by atoms with Gasteiger partial charge in [0, 0.05) is 19.1 Å². The summed E-state index contributed by atoms with van der Waals surface area (Å²) in [6.07, 6.45) is 2.88. The molecule has 1 aromatic carbocycles. The van der Waals surface area contributed by atoms with Crippen LogP contribution < -0.4 is 5.32 Å². The lowest BCUT2D eigenvalue weighted by molar-refractivity contribution is -0.0980. The molecule has 0 amide bonds. The highest BCUT2D eigenvalue weighted by Gasteiger charge is 2.29. The number of aliphatic hydroxyl groups excluding tert-OH is 1. The highest BCUT2D eigenvalue weighted by molar-refractivity contribution is 5.97. The van der Waals surface area contributed by atoms with Crippen LogP contribution in [0.25, 0.3) is 0 Å². The summed E-state index contributed by atoms with van der Waals surface area (Å²) in [4.78, 5) is 20.3. The molecular formula is C17H27NO3. The van der Waals surface area contributed by atoms with Gasteiger partial charge in [0.15, 0.2) is 5.78 Å². The SMILES string of the molecule is C=O.CO.Cc1ccccc1C(=O)CC1(C)CCNCC1. The smallest absolute Gasteiger partial charge is 0.163 e. The quantitative estimate of drug-likeness (QED) is 0.840. The lowest BCUT2D eigenvalue weighted by atomic mass is 9.76. The van der Waals surface area contributed by atoms with E-state index in [1.807, 2.05) is 38.0 Å².